The fourth-order valence-corrected chi connectivity index (χ4v) is 2.88. The van der Waals surface area contributed by atoms with Crippen LogP contribution in [0.15, 0.2) is 5.38 Å². The van der Waals surface area contributed by atoms with Gasteiger partial charge in [0.05, 0.1) is 6.54 Å². The summed E-state index contributed by atoms with van der Waals surface area (Å²) in [6.07, 6.45) is 0. The molecule has 1 aliphatic rings. The summed E-state index contributed by atoms with van der Waals surface area (Å²) in [7, 11) is 0. The average Bonchev–Trinajstić information content (AvgIpc) is 2.50. The molecule has 0 radical (unpaired) electrons. The standard InChI is InChI=1S/C12H20N2S/c1-9-7-15-10(13-9)6-14-8-11(2,3)12(14,4)5/h7H,6,8H2,1-5H3. The Balaban J connectivity index is 2.04. The van der Waals surface area contributed by atoms with E-state index in [0.717, 1.165) is 12.2 Å². The number of hydrogen-bond donors (Lipinski definition) is 0. The largest absolute Gasteiger partial charge is 0.290 e. The summed E-state index contributed by atoms with van der Waals surface area (Å²) in [6, 6.07) is 0. The zero-order chi connectivity index (χ0) is 11.3. The van der Waals surface area contributed by atoms with Crippen LogP contribution in [-0.4, -0.2) is 22.0 Å². The molecule has 15 heavy (non-hydrogen) atoms. The number of aromatic nitrogens is 1. The van der Waals surface area contributed by atoms with Crippen LogP contribution in [0.4, 0.5) is 0 Å². The second-order valence-corrected chi connectivity index (χ2v) is 6.62. The van der Waals surface area contributed by atoms with E-state index in [1.165, 1.54) is 11.6 Å². The molecule has 0 saturated carbocycles. The molecule has 3 heteroatoms. The molecule has 0 amide bonds. The normalized spacial score (nSPS) is 23.8. The van der Waals surface area contributed by atoms with Crippen LogP contribution < -0.4 is 0 Å². The molecule has 0 aromatic carbocycles. The van der Waals surface area contributed by atoms with E-state index in [1.807, 2.05) is 0 Å². The van der Waals surface area contributed by atoms with Gasteiger partial charge >= 0.3 is 0 Å². The van der Waals surface area contributed by atoms with Gasteiger partial charge in [0.15, 0.2) is 0 Å². The summed E-state index contributed by atoms with van der Waals surface area (Å²) in [6.45, 7) is 13.6. The van der Waals surface area contributed by atoms with Gasteiger partial charge in [0, 0.05) is 23.2 Å². The highest BCUT2D eigenvalue weighted by atomic mass is 32.1. The maximum absolute atomic E-state index is 4.52. The van der Waals surface area contributed by atoms with Gasteiger partial charge in [-0.1, -0.05) is 13.8 Å². The Morgan fingerprint density at radius 2 is 2.07 bits per heavy atom. The van der Waals surface area contributed by atoms with Gasteiger partial charge in [0.1, 0.15) is 5.01 Å². The molecule has 0 unspecified atom stereocenters. The van der Waals surface area contributed by atoms with Crippen LogP contribution in [0, 0.1) is 12.3 Å². The second kappa shape index (κ2) is 3.29. The Labute approximate surface area is 96.3 Å². The molecule has 1 fully saturated rings. The molecule has 1 aromatic heterocycles. The molecule has 0 N–H and O–H groups in total. The van der Waals surface area contributed by atoms with Gasteiger partial charge in [-0.2, -0.15) is 0 Å². The molecule has 2 rings (SSSR count). The number of rotatable bonds is 2. The van der Waals surface area contributed by atoms with Gasteiger partial charge in [0.25, 0.3) is 0 Å². The lowest BCUT2D eigenvalue weighted by Gasteiger charge is -2.61. The van der Waals surface area contributed by atoms with Crippen molar-refractivity contribution in [2.45, 2.75) is 46.7 Å². The van der Waals surface area contributed by atoms with Crippen LogP contribution in [0.3, 0.4) is 0 Å². The van der Waals surface area contributed by atoms with Gasteiger partial charge < -0.3 is 0 Å². The highest BCUT2D eigenvalue weighted by Crippen LogP contribution is 2.46. The number of likely N-dealkylation sites (tertiary alicyclic amines) is 1. The van der Waals surface area contributed by atoms with Crippen molar-refractivity contribution in [3.8, 4) is 0 Å². The van der Waals surface area contributed by atoms with Gasteiger partial charge in [0.2, 0.25) is 0 Å². The van der Waals surface area contributed by atoms with E-state index in [1.54, 1.807) is 11.3 Å². The van der Waals surface area contributed by atoms with Crippen molar-refractivity contribution in [3.05, 3.63) is 16.1 Å². The van der Waals surface area contributed by atoms with Crippen LogP contribution in [0.1, 0.15) is 38.4 Å². The van der Waals surface area contributed by atoms with Crippen molar-refractivity contribution in [1.29, 1.82) is 0 Å². The zero-order valence-electron chi connectivity index (χ0n) is 10.3. The first-order chi connectivity index (χ1) is 6.83. The molecule has 0 aliphatic carbocycles. The molecule has 2 heterocycles. The van der Waals surface area contributed by atoms with Crippen molar-refractivity contribution >= 4 is 11.3 Å². The Hall–Kier alpha value is -0.410. The Morgan fingerprint density at radius 3 is 2.47 bits per heavy atom. The molecule has 0 atom stereocenters. The molecule has 1 aliphatic heterocycles. The quantitative estimate of drug-likeness (QED) is 0.767. The zero-order valence-corrected chi connectivity index (χ0v) is 11.1. The van der Waals surface area contributed by atoms with Crippen molar-refractivity contribution in [2.24, 2.45) is 5.41 Å². The summed E-state index contributed by atoms with van der Waals surface area (Å²) in [5.74, 6) is 0. The second-order valence-electron chi connectivity index (χ2n) is 5.68. The minimum atomic E-state index is 0.298. The summed E-state index contributed by atoms with van der Waals surface area (Å²) in [5, 5.41) is 3.38. The summed E-state index contributed by atoms with van der Waals surface area (Å²) in [4.78, 5) is 7.04. The number of nitrogens with zero attached hydrogens (tertiary/aromatic N) is 2. The van der Waals surface area contributed by atoms with E-state index in [-0.39, 0.29) is 0 Å². The van der Waals surface area contributed by atoms with Gasteiger partial charge in [-0.3, -0.25) is 4.90 Å². The summed E-state index contributed by atoms with van der Waals surface area (Å²) < 4.78 is 0. The molecule has 0 spiro atoms. The van der Waals surface area contributed by atoms with Gasteiger partial charge in [-0.25, -0.2) is 4.98 Å². The molecule has 1 saturated heterocycles. The number of hydrogen-bond acceptors (Lipinski definition) is 3. The first-order valence-electron chi connectivity index (χ1n) is 5.49. The maximum atomic E-state index is 4.52. The SMILES string of the molecule is Cc1csc(CN2CC(C)(C)C2(C)C)n1. The van der Waals surface area contributed by atoms with Crippen molar-refractivity contribution in [2.75, 3.05) is 6.54 Å². The molecule has 0 bridgehead atoms. The summed E-state index contributed by atoms with van der Waals surface area (Å²) >= 11 is 1.78. The number of thiazole rings is 1. The Bertz CT molecular complexity index is 365. The van der Waals surface area contributed by atoms with E-state index < -0.39 is 0 Å². The Kier molecular flexibility index (Phi) is 2.43. The fourth-order valence-electron chi connectivity index (χ4n) is 2.10. The highest BCUT2D eigenvalue weighted by molar-refractivity contribution is 7.09. The lowest BCUT2D eigenvalue weighted by molar-refractivity contribution is -0.122. The average molecular weight is 224 g/mol. The summed E-state index contributed by atoms with van der Waals surface area (Å²) in [5.41, 5.74) is 1.87. The van der Waals surface area contributed by atoms with Crippen LogP contribution in [0.2, 0.25) is 0 Å². The Morgan fingerprint density at radius 1 is 1.40 bits per heavy atom. The highest BCUT2D eigenvalue weighted by Gasteiger charge is 2.52. The first-order valence-corrected chi connectivity index (χ1v) is 6.37. The smallest absolute Gasteiger partial charge is 0.107 e. The monoisotopic (exact) mass is 224 g/mol. The predicted octanol–water partition coefficient (Wildman–Crippen LogP) is 3.07. The molecular formula is C12H20N2S. The van der Waals surface area contributed by atoms with Gasteiger partial charge in [-0.15, -0.1) is 11.3 Å². The van der Waals surface area contributed by atoms with Crippen molar-refractivity contribution in [3.63, 3.8) is 0 Å². The fraction of sp³-hybridized carbons (Fsp3) is 0.750. The lowest BCUT2D eigenvalue weighted by atomic mass is 9.65. The molecule has 1 aromatic rings. The van der Waals surface area contributed by atoms with Crippen LogP contribution >= 0.6 is 11.3 Å². The van der Waals surface area contributed by atoms with Crippen molar-refractivity contribution < 1.29 is 0 Å². The van der Waals surface area contributed by atoms with E-state index in [9.17, 15) is 0 Å². The maximum Gasteiger partial charge on any atom is 0.107 e. The van der Waals surface area contributed by atoms with E-state index >= 15 is 0 Å². The third kappa shape index (κ3) is 1.72. The number of aryl methyl sites for hydroxylation is 1. The van der Waals surface area contributed by atoms with E-state index in [4.69, 9.17) is 0 Å². The predicted molar refractivity (Wildman–Crippen MR) is 65.1 cm³/mol. The molecular weight excluding hydrogens is 204 g/mol. The third-order valence-electron chi connectivity index (χ3n) is 4.03. The van der Waals surface area contributed by atoms with Crippen molar-refractivity contribution in [1.82, 2.24) is 9.88 Å². The topological polar surface area (TPSA) is 16.1 Å². The lowest BCUT2D eigenvalue weighted by Crippen LogP contribution is -2.68. The minimum Gasteiger partial charge on any atom is -0.290 e. The van der Waals surface area contributed by atoms with E-state index in [0.29, 0.717) is 11.0 Å². The van der Waals surface area contributed by atoms with Gasteiger partial charge in [-0.05, 0) is 26.2 Å². The third-order valence-corrected chi connectivity index (χ3v) is 4.98. The van der Waals surface area contributed by atoms with Crippen LogP contribution in [0.5, 0.6) is 0 Å². The molecule has 84 valence electrons. The minimum absolute atomic E-state index is 0.298. The van der Waals surface area contributed by atoms with Crippen LogP contribution in [-0.2, 0) is 6.54 Å². The van der Waals surface area contributed by atoms with E-state index in [2.05, 4.69) is 49.9 Å². The first kappa shape index (κ1) is 11.1. The molecule has 2 nitrogen and oxygen atoms in total. The van der Waals surface area contributed by atoms with Crippen LogP contribution in [0.25, 0.3) is 0 Å².